The molecule has 3 heteroatoms. The molecule has 266 valence electrons. The van der Waals surface area contributed by atoms with Crippen LogP contribution in [0.25, 0.3) is 55.0 Å². The summed E-state index contributed by atoms with van der Waals surface area (Å²) >= 11 is 0. The van der Waals surface area contributed by atoms with Gasteiger partial charge in [-0.1, -0.05) is 133 Å². The van der Waals surface area contributed by atoms with Crippen molar-refractivity contribution in [2.75, 3.05) is 9.80 Å². The summed E-state index contributed by atoms with van der Waals surface area (Å²) in [6.45, 7) is 2.15. The molecule has 0 atom stereocenters. The highest BCUT2D eigenvalue weighted by molar-refractivity contribution is 6.08. The normalized spacial score (nSPS) is 11.3. The van der Waals surface area contributed by atoms with Crippen molar-refractivity contribution in [1.29, 1.82) is 0 Å². The summed E-state index contributed by atoms with van der Waals surface area (Å²) in [4.78, 5) is 4.72. The quantitative estimate of drug-likeness (QED) is 0.156. The monoisotopic (exact) mass is 718 g/mol. The molecule has 0 aliphatic carbocycles. The molecule has 56 heavy (non-hydrogen) atoms. The van der Waals surface area contributed by atoms with Crippen LogP contribution in [0.4, 0.5) is 34.1 Å². The average molecular weight is 719 g/mol. The minimum absolute atomic E-state index is 0.861. The Hall–Kier alpha value is -7.36. The first-order valence-electron chi connectivity index (χ1n) is 19.1. The molecular formula is C53H38N2O. The van der Waals surface area contributed by atoms with E-state index in [4.69, 9.17) is 4.42 Å². The topological polar surface area (TPSA) is 19.6 Å². The Labute approximate surface area is 326 Å². The second-order valence-electron chi connectivity index (χ2n) is 14.3. The molecule has 0 N–H and O–H groups in total. The van der Waals surface area contributed by atoms with Gasteiger partial charge in [0.1, 0.15) is 11.2 Å². The van der Waals surface area contributed by atoms with Crippen LogP contribution in [-0.4, -0.2) is 0 Å². The number of rotatable bonds is 8. The zero-order valence-corrected chi connectivity index (χ0v) is 31.0. The number of anilines is 6. The molecule has 0 bridgehead atoms. The van der Waals surface area contributed by atoms with E-state index in [-0.39, 0.29) is 0 Å². The van der Waals surface area contributed by atoms with Crippen molar-refractivity contribution in [3.8, 4) is 22.3 Å². The van der Waals surface area contributed by atoms with E-state index in [2.05, 4.69) is 229 Å². The van der Waals surface area contributed by atoms with Gasteiger partial charge in [-0.2, -0.15) is 0 Å². The number of nitrogens with zero attached hydrogens (tertiary/aromatic N) is 2. The van der Waals surface area contributed by atoms with Crippen LogP contribution in [0.3, 0.4) is 0 Å². The number of fused-ring (bicyclic) bond motifs is 4. The molecule has 9 aromatic carbocycles. The van der Waals surface area contributed by atoms with Crippen LogP contribution in [0.1, 0.15) is 5.56 Å². The number of hydrogen-bond donors (Lipinski definition) is 0. The molecule has 0 unspecified atom stereocenters. The molecule has 1 heterocycles. The van der Waals surface area contributed by atoms with Crippen LogP contribution in [0.2, 0.25) is 0 Å². The molecule has 0 fully saturated rings. The molecule has 0 aliphatic heterocycles. The van der Waals surface area contributed by atoms with Crippen molar-refractivity contribution in [3.63, 3.8) is 0 Å². The molecular weight excluding hydrogens is 681 g/mol. The number of aryl methyl sites for hydroxylation is 1. The fourth-order valence-electron chi connectivity index (χ4n) is 8.05. The summed E-state index contributed by atoms with van der Waals surface area (Å²) < 4.78 is 6.57. The van der Waals surface area contributed by atoms with Crippen LogP contribution in [0, 0.1) is 6.92 Å². The van der Waals surface area contributed by atoms with Gasteiger partial charge in [0.05, 0.1) is 5.69 Å². The van der Waals surface area contributed by atoms with Gasteiger partial charge in [-0.3, -0.25) is 0 Å². The van der Waals surface area contributed by atoms with Gasteiger partial charge in [0.2, 0.25) is 0 Å². The minimum atomic E-state index is 0.861. The second-order valence-corrected chi connectivity index (χ2v) is 14.3. The molecule has 0 spiro atoms. The van der Waals surface area contributed by atoms with Crippen LogP contribution < -0.4 is 9.80 Å². The lowest BCUT2D eigenvalue weighted by Gasteiger charge is -2.31. The van der Waals surface area contributed by atoms with E-state index in [1.54, 1.807) is 0 Å². The highest BCUT2D eigenvalue weighted by Crippen LogP contribution is 2.46. The van der Waals surface area contributed by atoms with Crippen molar-refractivity contribution in [3.05, 3.63) is 218 Å². The second kappa shape index (κ2) is 14.1. The first kappa shape index (κ1) is 33.2. The predicted molar refractivity (Wildman–Crippen MR) is 236 cm³/mol. The fraction of sp³-hybridized carbons (Fsp3) is 0.0189. The molecule has 10 aromatic rings. The fourth-order valence-corrected chi connectivity index (χ4v) is 8.05. The van der Waals surface area contributed by atoms with Gasteiger partial charge in [-0.15, -0.1) is 0 Å². The summed E-state index contributed by atoms with van der Waals surface area (Å²) in [6, 6.07) is 75.8. The van der Waals surface area contributed by atoms with Crippen molar-refractivity contribution < 1.29 is 4.42 Å². The van der Waals surface area contributed by atoms with Crippen LogP contribution in [0.15, 0.2) is 217 Å². The van der Waals surface area contributed by atoms with Crippen LogP contribution in [-0.2, 0) is 0 Å². The van der Waals surface area contributed by atoms with E-state index in [9.17, 15) is 0 Å². The maximum atomic E-state index is 6.57. The molecule has 3 nitrogen and oxygen atoms in total. The highest BCUT2D eigenvalue weighted by atomic mass is 16.3. The molecule has 0 amide bonds. The van der Waals surface area contributed by atoms with E-state index >= 15 is 0 Å². The van der Waals surface area contributed by atoms with E-state index in [1.807, 2.05) is 0 Å². The lowest BCUT2D eigenvalue weighted by atomic mass is 9.97. The average Bonchev–Trinajstić information content (AvgIpc) is 3.64. The van der Waals surface area contributed by atoms with E-state index < -0.39 is 0 Å². The Morgan fingerprint density at radius 2 is 0.893 bits per heavy atom. The number of para-hydroxylation sites is 1. The third-order valence-corrected chi connectivity index (χ3v) is 10.7. The standard InChI is InChI=1S/C53H38N2O/c1-37-15-13-26-51-53(37)48-32-31-47(36-52(48)56-51)55(50-34-42-21-12-11-20-41(42)33-49(50)40-18-7-3-8-19-40)46-25-14-24-45(35-46)54(43-22-9-4-10-23-43)44-29-27-39(28-30-44)38-16-5-2-6-17-38/h2-36H,1H3. The molecule has 0 saturated heterocycles. The minimum Gasteiger partial charge on any atom is -0.456 e. The molecule has 0 aliphatic rings. The highest BCUT2D eigenvalue weighted by Gasteiger charge is 2.22. The van der Waals surface area contributed by atoms with Crippen molar-refractivity contribution in [2.24, 2.45) is 0 Å². The van der Waals surface area contributed by atoms with E-state index in [0.29, 0.717) is 0 Å². The summed E-state index contributed by atoms with van der Waals surface area (Å²) in [6.07, 6.45) is 0. The van der Waals surface area contributed by atoms with E-state index in [1.165, 1.54) is 27.5 Å². The Balaban J connectivity index is 1.19. The third-order valence-electron chi connectivity index (χ3n) is 10.7. The van der Waals surface area contributed by atoms with Gasteiger partial charge in [0.15, 0.2) is 0 Å². The van der Waals surface area contributed by atoms with Crippen molar-refractivity contribution in [2.45, 2.75) is 6.92 Å². The molecule has 0 saturated carbocycles. The third kappa shape index (κ3) is 6.06. The van der Waals surface area contributed by atoms with Gasteiger partial charge >= 0.3 is 0 Å². The zero-order valence-electron chi connectivity index (χ0n) is 31.0. The van der Waals surface area contributed by atoms with E-state index in [0.717, 1.165) is 67.2 Å². The van der Waals surface area contributed by atoms with Crippen LogP contribution >= 0.6 is 0 Å². The van der Waals surface area contributed by atoms with Gasteiger partial charge < -0.3 is 14.2 Å². The van der Waals surface area contributed by atoms with Gasteiger partial charge in [-0.05, 0) is 113 Å². The molecule has 0 radical (unpaired) electrons. The Bertz CT molecular complexity index is 2970. The summed E-state index contributed by atoms with van der Waals surface area (Å²) in [7, 11) is 0. The van der Waals surface area contributed by atoms with Crippen molar-refractivity contribution in [1.82, 2.24) is 0 Å². The maximum Gasteiger partial charge on any atom is 0.137 e. The SMILES string of the molecule is Cc1cccc2oc3cc(N(c4cccc(N(c5ccccc5)c5ccc(-c6ccccc6)cc5)c4)c4cc5ccccc5cc4-c4ccccc4)ccc3c12. The maximum absolute atomic E-state index is 6.57. The van der Waals surface area contributed by atoms with Gasteiger partial charge in [0, 0.05) is 50.8 Å². The zero-order chi connectivity index (χ0) is 37.4. The largest absolute Gasteiger partial charge is 0.456 e. The predicted octanol–water partition coefficient (Wildman–Crippen LogP) is 15.3. The summed E-state index contributed by atoms with van der Waals surface area (Å²) in [5.41, 5.74) is 14.0. The summed E-state index contributed by atoms with van der Waals surface area (Å²) in [5, 5.41) is 4.65. The van der Waals surface area contributed by atoms with Crippen LogP contribution in [0.5, 0.6) is 0 Å². The summed E-state index contributed by atoms with van der Waals surface area (Å²) in [5.74, 6) is 0. The Morgan fingerprint density at radius 1 is 0.357 bits per heavy atom. The number of furan rings is 1. The first-order valence-corrected chi connectivity index (χ1v) is 19.1. The van der Waals surface area contributed by atoms with Gasteiger partial charge in [-0.25, -0.2) is 0 Å². The lowest BCUT2D eigenvalue weighted by molar-refractivity contribution is 0.669. The number of hydrogen-bond acceptors (Lipinski definition) is 3. The first-order chi connectivity index (χ1) is 27.7. The number of benzene rings is 9. The smallest absolute Gasteiger partial charge is 0.137 e. The molecule has 1 aromatic heterocycles. The van der Waals surface area contributed by atoms with Gasteiger partial charge in [0.25, 0.3) is 0 Å². The van der Waals surface area contributed by atoms with Crippen molar-refractivity contribution >= 4 is 66.8 Å². The molecule has 10 rings (SSSR count). The lowest BCUT2D eigenvalue weighted by Crippen LogP contribution is -2.14. The Morgan fingerprint density at radius 3 is 1.62 bits per heavy atom. The Kier molecular flexibility index (Phi) is 8.38.